The Morgan fingerprint density at radius 1 is 0.818 bits per heavy atom. The van der Waals surface area contributed by atoms with Gasteiger partial charge in [0.1, 0.15) is 0 Å². The first-order chi connectivity index (χ1) is 9.95. The van der Waals surface area contributed by atoms with Crippen molar-refractivity contribution < 1.29 is 4.79 Å². The van der Waals surface area contributed by atoms with Crippen LogP contribution in [0.3, 0.4) is 0 Å². The summed E-state index contributed by atoms with van der Waals surface area (Å²) in [5.74, 6) is 0.122. The van der Waals surface area contributed by atoms with E-state index in [0.29, 0.717) is 0 Å². The van der Waals surface area contributed by atoms with E-state index in [4.69, 9.17) is 5.73 Å². The molecule has 1 aliphatic carbocycles. The molecule has 0 radical (unpaired) electrons. The minimum Gasteiger partial charge on any atom is -0.315 e. The average molecular weight is 297 g/mol. The summed E-state index contributed by atoms with van der Waals surface area (Å²) < 4.78 is 0. The Morgan fingerprint density at radius 2 is 1.23 bits per heavy atom. The molecule has 0 aliphatic heterocycles. The summed E-state index contributed by atoms with van der Waals surface area (Å²) in [5.41, 5.74) is 8.11. The van der Waals surface area contributed by atoms with E-state index < -0.39 is 5.54 Å². The number of allylic oxidation sites excluding steroid dienone is 2. The van der Waals surface area contributed by atoms with Gasteiger partial charge in [-0.05, 0) is 28.5 Å². The first-order valence-corrected chi connectivity index (χ1v) is 7.81. The molecule has 0 saturated carbocycles. The molecular weight excluding hydrogens is 270 g/mol. The molecule has 0 heterocycles. The number of benzene rings is 1. The second-order valence-corrected chi connectivity index (χ2v) is 8.24. The van der Waals surface area contributed by atoms with Gasteiger partial charge in [0.25, 0.3) is 0 Å². The van der Waals surface area contributed by atoms with Crippen LogP contribution in [0.25, 0.3) is 0 Å². The van der Waals surface area contributed by atoms with Gasteiger partial charge in [0.2, 0.25) is 0 Å². The number of carbonyl (C=O) groups is 1. The molecule has 0 bridgehead atoms. The third kappa shape index (κ3) is 3.07. The molecule has 0 amide bonds. The second-order valence-electron chi connectivity index (χ2n) is 8.24. The molecule has 2 nitrogen and oxygen atoms in total. The third-order valence-electron chi connectivity index (χ3n) is 4.15. The van der Waals surface area contributed by atoms with Gasteiger partial charge < -0.3 is 5.73 Å². The SMILES string of the molecule is CC(C)(C)C1=CC(N)(c2ccccc2)C=C(C(C)(C)C)C1=O. The number of rotatable bonds is 1. The highest BCUT2D eigenvalue weighted by Crippen LogP contribution is 2.42. The monoisotopic (exact) mass is 297 g/mol. The molecule has 1 aromatic carbocycles. The summed E-state index contributed by atoms with van der Waals surface area (Å²) in [7, 11) is 0. The first-order valence-electron chi connectivity index (χ1n) is 7.81. The highest BCUT2D eigenvalue weighted by atomic mass is 16.1. The van der Waals surface area contributed by atoms with Gasteiger partial charge in [-0.2, -0.15) is 0 Å². The van der Waals surface area contributed by atoms with Crippen molar-refractivity contribution in [1.82, 2.24) is 0 Å². The van der Waals surface area contributed by atoms with Crippen molar-refractivity contribution in [3.63, 3.8) is 0 Å². The van der Waals surface area contributed by atoms with Crippen LogP contribution >= 0.6 is 0 Å². The normalized spacial score (nSPS) is 18.8. The predicted octanol–water partition coefficient (Wildman–Crippen LogP) is 4.37. The molecule has 0 unspecified atom stereocenters. The zero-order valence-corrected chi connectivity index (χ0v) is 14.5. The average Bonchev–Trinajstić information content (AvgIpc) is 2.40. The maximum Gasteiger partial charge on any atom is 0.185 e. The van der Waals surface area contributed by atoms with Gasteiger partial charge in [0.15, 0.2) is 5.78 Å². The Bertz CT molecular complexity index is 603. The van der Waals surface area contributed by atoms with Crippen LogP contribution in [0.1, 0.15) is 47.1 Å². The number of carbonyl (C=O) groups excluding carboxylic acids is 1. The zero-order valence-electron chi connectivity index (χ0n) is 14.5. The molecule has 0 aromatic heterocycles. The molecule has 2 heteroatoms. The van der Waals surface area contributed by atoms with Crippen LogP contribution in [-0.2, 0) is 10.3 Å². The van der Waals surface area contributed by atoms with Crippen molar-refractivity contribution in [3.8, 4) is 0 Å². The van der Waals surface area contributed by atoms with Gasteiger partial charge in [0.05, 0.1) is 5.54 Å². The van der Waals surface area contributed by atoms with Crippen LogP contribution in [-0.4, -0.2) is 5.78 Å². The Hall–Kier alpha value is -1.67. The van der Waals surface area contributed by atoms with E-state index in [1.165, 1.54) is 0 Å². The second kappa shape index (κ2) is 5.20. The Balaban J connectivity index is 2.69. The van der Waals surface area contributed by atoms with Crippen LogP contribution in [0.5, 0.6) is 0 Å². The summed E-state index contributed by atoms with van der Waals surface area (Å²) in [5, 5.41) is 0. The van der Waals surface area contributed by atoms with Gasteiger partial charge in [-0.25, -0.2) is 0 Å². The quantitative estimate of drug-likeness (QED) is 0.836. The Kier molecular flexibility index (Phi) is 3.95. The molecule has 118 valence electrons. The summed E-state index contributed by atoms with van der Waals surface area (Å²) in [6.45, 7) is 12.4. The van der Waals surface area contributed by atoms with E-state index in [0.717, 1.165) is 16.7 Å². The Morgan fingerprint density at radius 3 is 1.59 bits per heavy atom. The molecule has 0 saturated heterocycles. The molecule has 1 aliphatic rings. The van der Waals surface area contributed by atoms with Crippen LogP contribution < -0.4 is 5.73 Å². The summed E-state index contributed by atoms with van der Waals surface area (Å²) in [6, 6.07) is 9.97. The molecule has 1 aromatic rings. The van der Waals surface area contributed by atoms with Crippen LogP contribution in [0.2, 0.25) is 0 Å². The van der Waals surface area contributed by atoms with E-state index in [1.807, 2.05) is 42.5 Å². The van der Waals surface area contributed by atoms with Crippen molar-refractivity contribution in [2.24, 2.45) is 16.6 Å². The first kappa shape index (κ1) is 16.7. The molecule has 0 spiro atoms. The fourth-order valence-corrected chi connectivity index (χ4v) is 2.80. The zero-order chi connectivity index (χ0) is 16.8. The van der Waals surface area contributed by atoms with Crippen molar-refractivity contribution in [2.45, 2.75) is 47.1 Å². The van der Waals surface area contributed by atoms with Gasteiger partial charge >= 0.3 is 0 Å². The van der Waals surface area contributed by atoms with Gasteiger partial charge in [-0.3, -0.25) is 4.79 Å². The third-order valence-corrected chi connectivity index (χ3v) is 4.15. The molecular formula is C20H27NO. The maximum atomic E-state index is 12.9. The highest BCUT2D eigenvalue weighted by molar-refractivity contribution is 6.11. The number of ketones is 1. The van der Waals surface area contributed by atoms with Crippen LogP contribution in [0, 0.1) is 10.8 Å². The summed E-state index contributed by atoms with van der Waals surface area (Å²) in [4.78, 5) is 12.9. The number of hydrogen-bond acceptors (Lipinski definition) is 2. The van der Waals surface area contributed by atoms with Gasteiger partial charge in [-0.15, -0.1) is 0 Å². The van der Waals surface area contributed by atoms with Crippen LogP contribution in [0.4, 0.5) is 0 Å². The van der Waals surface area contributed by atoms with Gasteiger partial charge in [-0.1, -0.05) is 71.9 Å². The summed E-state index contributed by atoms with van der Waals surface area (Å²) in [6.07, 6.45) is 3.89. The van der Waals surface area contributed by atoms with Crippen molar-refractivity contribution >= 4 is 5.78 Å². The number of nitrogens with two attached hydrogens (primary N) is 1. The lowest BCUT2D eigenvalue weighted by Crippen LogP contribution is -2.41. The van der Waals surface area contributed by atoms with E-state index in [1.54, 1.807) is 0 Å². The lowest BCUT2D eigenvalue weighted by molar-refractivity contribution is -0.114. The molecule has 0 fully saturated rings. The molecule has 22 heavy (non-hydrogen) atoms. The van der Waals surface area contributed by atoms with Crippen molar-refractivity contribution in [2.75, 3.05) is 0 Å². The lowest BCUT2D eigenvalue weighted by Gasteiger charge is -2.37. The fraction of sp³-hybridized carbons (Fsp3) is 0.450. The fourth-order valence-electron chi connectivity index (χ4n) is 2.80. The minimum absolute atomic E-state index is 0.122. The number of hydrogen-bond donors (Lipinski definition) is 1. The standard InChI is InChI=1S/C20H27NO/c1-18(2,3)15-12-20(21,14-10-8-7-9-11-14)13-16(17(15)22)19(4,5)6/h7-13H,21H2,1-6H3. The maximum absolute atomic E-state index is 12.9. The van der Waals surface area contributed by atoms with Crippen molar-refractivity contribution in [1.29, 1.82) is 0 Å². The van der Waals surface area contributed by atoms with E-state index in [-0.39, 0.29) is 16.6 Å². The summed E-state index contributed by atoms with van der Waals surface area (Å²) >= 11 is 0. The minimum atomic E-state index is -0.736. The molecule has 2 N–H and O–H groups in total. The molecule has 0 atom stereocenters. The van der Waals surface area contributed by atoms with E-state index >= 15 is 0 Å². The topological polar surface area (TPSA) is 43.1 Å². The highest BCUT2D eigenvalue weighted by Gasteiger charge is 2.39. The largest absolute Gasteiger partial charge is 0.315 e. The Labute approximate surface area is 134 Å². The smallest absolute Gasteiger partial charge is 0.185 e. The lowest BCUT2D eigenvalue weighted by atomic mass is 9.68. The van der Waals surface area contributed by atoms with Crippen LogP contribution in [0.15, 0.2) is 53.6 Å². The predicted molar refractivity (Wildman–Crippen MR) is 92.4 cm³/mol. The van der Waals surface area contributed by atoms with Gasteiger partial charge in [0, 0.05) is 11.1 Å². The van der Waals surface area contributed by atoms with E-state index in [9.17, 15) is 4.79 Å². The van der Waals surface area contributed by atoms with E-state index in [2.05, 4.69) is 41.5 Å². The molecule has 2 rings (SSSR count). The van der Waals surface area contributed by atoms with Crippen molar-refractivity contribution in [3.05, 3.63) is 59.2 Å². The number of Topliss-reactive ketones (excluding diaryl/α,β-unsaturated/α-hetero) is 1.